The van der Waals surface area contributed by atoms with Gasteiger partial charge in [0.05, 0.1) is 22.9 Å². The first-order valence-electron chi connectivity index (χ1n) is 12.4. The van der Waals surface area contributed by atoms with Gasteiger partial charge in [0.15, 0.2) is 0 Å². The van der Waals surface area contributed by atoms with E-state index < -0.39 is 85.0 Å². The van der Waals surface area contributed by atoms with E-state index in [1.807, 2.05) is 0 Å². The van der Waals surface area contributed by atoms with Gasteiger partial charge in [0.1, 0.15) is 34.7 Å². The molecule has 43 heavy (non-hydrogen) atoms. The van der Waals surface area contributed by atoms with Crippen molar-refractivity contribution in [3.8, 4) is 23.0 Å². The normalized spacial score (nSPS) is 16.8. The van der Waals surface area contributed by atoms with Gasteiger partial charge in [-0.15, -0.1) is 0 Å². The SMILES string of the molecule is O=C(NC1CCCC1OC(=O)c1cc(O)c(C(=O)c2c(O)cccc2NS(=O)(=O)C(F)(F)F)c(O)c1)c1ccc(O)cc1. The lowest BCUT2D eigenvalue weighted by Gasteiger charge is -2.22. The summed E-state index contributed by atoms with van der Waals surface area (Å²) in [6.45, 7) is 0. The lowest BCUT2D eigenvalue weighted by Crippen LogP contribution is -2.41. The van der Waals surface area contributed by atoms with Gasteiger partial charge in [-0.25, -0.2) is 4.79 Å². The van der Waals surface area contributed by atoms with Crippen LogP contribution in [0.25, 0.3) is 0 Å². The number of esters is 1. The van der Waals surface area contributed by atoms with Gasteiger partial charge in [0.2, 0.25) is 5.78 Å². The highest BCUT2D eigenvalue weighted by Crippen LogP contribution is 2.38. The second kappa shape index (κ2) is 11.7. The minimum Gasteiger partial charge on any atom is -0.508 e. The van der Waals surface area contributed by atoms with E-state index in [2.05, 4.69) is 5.32 Å². The van der Waals surface area contributed by atoms with Crippen LogP contribution in [0.1, 0.15) is 55.9 Å². The van der Waals surface area contributed by atoms with Crippen molar-refractivity contribution >= 4 is 33.4 Å². The molecule has 228 valence electrons. The summed E-state index contributed by atoms with van der Waals surface area (Å²) in [4.78, 5) is 38.6. The molecule has 1 aliphatic carbocycles. The summed E-state index contributed by atoms with van der Waals surface area (Å²) in [5.41, 5.74) is -8.91. The maximum atomic E-state index is 13.1. The first-order chi connectivity index (χ1) is 20.1. The highest BCUT2D eigenvalue weighted by Gasteiger charge is 2.46. The number of alkyl halides is 3. The second-order valence-electron chi connectivity index (χ2n) is 9.47. The molecular weight excluding hydrogens is 601 g/mol. The van der Waals surface area contributed by atoms with E-state index in [1.54, 1.807) is 0 Å². The predicted molar refractivity (Wildman–Crippen MR) is 142 cm³/mol. The highest BCUT2D eigenvalue weighted by molar-refractivity contribution is 7.93. The number of phenols is 4. The molecule has 0 aliphatic heterocycles. The average Bonchev–Trinajstić information content (AvgIpc) is 3.33. The largest absolute Gasteiger partial charge is 0.516 e. The Kier molecular flexibility index (Phi) is 8.43. The molecule has 0 saturated heterocycles. The first kappa shape index (κ1) is 31.0. The van der Waals surface area contributed by atoms with E-state index >= 15 is 0 Å². The molecule has 1 fully saturated rings. The molecule has 12 nitrogen and oxygen atoms in total. The van der Waals surface area contributed by atoms with E-state index in [9.17, 15) is 56.4 Å². The Morgan fingerprint density at radius 1 is 0.837 bits per heavy atom. The minimum atomic E-state index is -6.02. The number of rotatable bonds is 8. The number of phenolic OH excluding ortho intramolecular Hbond substituents is 4. The van der Waals surface area contributed by atoms with Gasteiger partial charge in [-0.1, -0.05) is 6.07 Å². The van der Waals surface area contributed by atoms with Crippen LogP contribution in [0.3, 0.4) is 0 Å². The van der Waals surface area contributed by atoms with Crippen LogP contribution >= 0.6 is 0 Å². The van der Waals surface area contributed by atoms with Crippen molar-refractivity contribution in [2.75, 3.05) is 4.72 Å². The Balaban J connectivity index is 1.54. The maximum Gasteiger partial charge on any atom is 0.516 e. The summed E-state index contributed by atoms with van der Waals surface area (Å²) >= 11 is 0. The van der Waals surface area contributed by atoms with Gasteiger partial charge in [-0.2, -0.15) is 21.6 Å². The number of hydrogen-bond donors (Lipinski definition) is 6. The van der Waals surface area contributed by atoms with Crippen LogP contribution in [0.5, 0.6) is 23.0 Å². The Morgan fingerprint density at radius 2 is 1.47 bits per heavy atom. The molecule has 16 heteroatoms. The van der Waals surface area contributed by atoms with E-state index in [0.29, 0.717) is 19.3 Å². The van der Waals surface area contributed by atoms with E-state index in [4.69, 9.17) is 4.74 Å². The molecule has 6 N–H and O–H groups in total. The van der Waals surface area contributed by atoms with E-state index in [1.165, 1.54) is 24.3 Å². The summed E-state index contributed by atoms with van der Waals surface area (Å²) in [5, 5.41) is 43.3. The number of ketones is 1. The lowest BCUT2D eigenvalue weighted by atomic mass is 9.97. The monoisotopic (exact) mass is 624 g/mol. The fraction of sp³-hybridized carbons (Fsp3) is 0.222. The molecule has 0 bridgehead atoms. The number of hydrogen-bond acceptors (Lipinski definition) is 10. The van der Waals surface area contributed by atoms with Crippen LogP contribution in [-0.2, 0) is 14.8 Å². The summed E-state index contributed by atoms with van der Waals surface area (Å²) in [6.07, 6.45) is 0.616. The van der Waals surface area contributed by atoms with E-state index in [0.717, 1.165) is 35.1 Å². The summed E-state index contributed by atoms with van der Waals surface area (Å²) in [5.74, 6) is -6.08. The standard InChI is InChI=1S/C27H23F3N2O10S/c28-27(29,30)43(40,41)32-17-4-1-5-18(34)22(17)24(37)23-19(35)11-14(12-20(23)36)26(39)42-21-6-2-3-16(21)31-25(38)13-7-9-15(33)10-8-13/h1,4-5,7-12,16,21,32-36H,2-3,6H2,(H,31,38). The van der Waals surface area contributed by atoms with Crippen molar-refractivity contribution in [1.82, 2.24) is 5.32 Å². The zero-order chi connectivity index (χ0) is 31.7. The number of carbonyl (C=O) groups excluding carboxylic acids is 3. The van der Waals surface area contributed by atoms with Crippen LogP contribution in [0.2, 0.25) is 0 Å². The summed E-state index contributed by atoms with van der Waals surface area (Å²) in [6, 6.07) is 8.88. The fourth-order valence-corrected chi connectivity index (χ4v) is 5.03. The number of amides is 1. The fourth-order valence-electron chi connectivity index (χ4n) is 4.46. The molecule has 3 aromatic carbocycles. The van der Waals surface area contributed by atoms with Crippen LogP contribution < -0.4 is 10.0 Å². The van der Waals surface area contributed by atoms with Gasteiger partial charge in [-0.05, 0) is 67.8 Å². The molecular formula is C27H23F3N2O10S. The number of aromatic hydroxyl groups is 4. The minimum absolute atomic E-state index is 0.0319. The van der Waals surface area contributed by atoms with Crippen molar-refractivity contribution in [2.24, 2.45) is 0 Å². The van der Waals surface area contributed by atoms with Gasteiger partial charge in [-0.3, -0.25) is 14.3 Å². The molecule has 1 saturated carbocycles. The molecule has 2 atom stereocenters. The Labute approximate surface area is 241 Å². The third kappa shape index (κ3) is 6.58. The molecule has 4 rings (SSSR count). The van der Waals surface area contributed by atoms with Crippen molar-refractivity contribution in [3.63, 3.8) is 0 Å². The molecule has 0 radical (unpaired) electrons. The van der Waals surface area contributed by atoms with Gasteiger partial charge < -0.3 is 30.5 Å². The number of benzene rings is 3. The Bertz CT molecular complexity index is 1670. The van der Waals surface area contributed by atoms with Gasteiger partial charge in [0.25, 0.3) is 5.91 Å². The molecule has 3 aromatic rings. The summed E-state index contributed by atoms with van der Waals surface area (Å²) in [7, 11) is -6.02. The van der Waals surface area contributed by atoms with Crippen molar-refractivity contribution in [2.45, 2.75) is 36.9 Å². The predicted octanol–water partition coefficient (Wildman–Crippen LogP) is 3.51. The third-order valence-corrected chi connectivity index (χ3v) is 7.63. The molecule has 1 aliphatic rings. The molecule has 0 spiro atoms. The van der Waals surface area contributed by atoms with Gasteiger partial charge >= 0.3 is 21.5 Å². The topological polar surface area (TPSA) is 200 Å². The Morgan fingerprint density at radius 3 is 2.07 bits per heavy atom. The number of anilines is 1. The van der Waals surface area contributed by atoms with Crippen LogP contribution in [0.15, 0.2) is 54.6 Å². The quantitative estimate of drug-likeness (QED) is 0.159. The summed E-state index contributed by atoms with van der Waals surface area (Å²) < 4.78 is 68.5. The third-order valence-electron chi connectivity index (χ3n) is 6.53. The zero-order valence-electron chi connectivity index (χ0n) is 21.8. The molecule has 0 aromatic heterocycles. The first-order valence-corrected chi connectivity index (χ1v) is 13.9. The second-order valence-corrected chi connectivity index (χ2v) is 11.1. The van der Waals surface area contributed by atoms with Crippen LogP contribution in [0, 0.1) is 0 Å². The molecule has 0 heterocycles. The smallest absolute Gasteiger partial charge is 0.508 e. The highest BCUT2D eigenvalue weighted by atomic mass is 32.2. The Hall–Kier alpha value is -4.99. The zero-order valence-corrected chi connectivity index (χ0v) is 22.6. The van der Waals surface area contributed by atoms with Crippen LogP contribution in [-0.4, -0.2) is 64.2 Å². The molecule has 2 unspecified atom stereocenters. The van der Waals surface area contributed by atoms with Crippen molar-refractivity contribution in [1.29, 1.82) is 0 Å². The maximum absolute atomic E-state index is 13.1. The van der Waals surface area contributed by atoms with Crippen molar-refractivity contribution < 1.29 is 61.1 Å². The molecule has 1 amide bonds. The van der Waals surface area contributed by atoms with Crippen molar-refractivity contribution in [3.05, 3.63) is 76.9 Å². The van der Waals surface area contributed by atoms with E-state index in [-0.39, 0.29) is 11.3 Å². The number of sulfonamides is 1. The number of ether oxygens (including phenoxy) is 1. The lowest BCUT2D eigenvalue weighted by molar-refractivity contribution is -0.0429. The van der Waals surface area contributed by atoms with Crippen LogP contribution in [0.4, 0.5) is 18.9 Å². The number of halogens is 3. The number of nitrogens with one attached hydrogen (secondary N) is 2. The number of carbonyl (C=O) groups is 3. The average molecular weight is 625 g/mol. The van der Waals surface area contributed by atoms with Gasteiger partial charge in [0, 0.05) is 5.56 Å².